The summed E-state index contributed by atoms with van der Waals surface area (Å²) in [5, 5.41) is 42.6. The van der Waals surface area contributed by atoms with Gasteiger partial charge in [0.05, 0.1) is 91.2 Å². The highest BCUT2D eigenvalue weighted by Crippen LogP contribution is 2.11. The number of ether oxygens (including phenoxy) is 5. The number of Topliss-reactive ketones (excluding diaryl/α,β-unsaturated/α-hetero) is 2. The number of rotatable bonds is 12. The molecule has 0 aliphatic rings. The topological polar surface area (TPSA) is 352 Å². The minimum absolute atomic E-state index is 0.0156. The Labute approximate surface area is 438 Å². The molecule has 0 fully saturated rings. The second-order valence-corrected chi connectivity index (χ2v) is 14.6. The Morgan fingerprint density at radius 1 is 0.247 bits per heavy atom. The minimum Gasteiger partial charge on any atom is -0.478 e. The van der Waals surface area contributed by atoms with Crippen molar-refractivity contribution in [2.75, 3.05) is 35.5 Å². The summed E-state index contributed by atoms with van der Waals surface area (Å²) >= 11 is 0. The smallest absolute Gasteiger partial charge is 0.337 e. The van der Waals surface area contributed by atoms with Crippen molar-refractivity contribution >= 4 is 71.3 Å². The van der Waals surface area contributed by atoms with E-state index in [-0.39, 0.29) is 44.9 Å². The van der Waals surface area contributed by atoms with Crippen molar-refractivity contribution in [3.8, 4) is 0 Å². The fraction of sp³-hybridized carbons (Fsp3) is 0.127. The van der Waals surface area contributed by atoms with Gasteiger partial charge in [-0.2, -0.15) is 0 Å². The molecular formula is C55H50O22. The third-order valence-electron chi connectivity index (χ3n) is 9.33. The van der Waals surface area contributed by atoms with Gasteiger partial charge in [-0.25, -0.2) is 47.9 Å². The van der Waals surface area contributed by atoms with Crippen LogP contribution >= 0.6 is 0 Å². The zero-order chi connectivity index (χ0) is 58.4. The van der Waals surface area contributed by atoms with Gasteiger partial charge in [0.1, 0.15) is 0 Å². The molecule has 0 amide bonds. The number of hydrogen-bond donors (Lipinski definition) is 5. The van der Waals surface area contributed by atoms with Crippen molar-refractivity contribution < 1.29 is 107 Å². The van der Waals surface area contributed by atoms with Gasteiger partial charge >= 0.3 is 59.7 Å². The average molecular weight is 1060 g/mol. The molecule has 0 atom stereocenters. The lowest BCUT2D eigenvalue weighted by Gasteiger charge is -2.01. The Balaban J connectivity index is 0.000000463. The Bertz CT molecular complexity index is 2730. The molecule has 0 unspecified atom stereocenters. The van der Waals surface area contributed by atoms with Crippen molar-refractivity contribution in [2.45, 2.75) is 13.8 Å². The van der Waals surface area contributed by atoms with E-state index in [1.807, 2.05) is 0 Å². The maximum Gasteiger partial charge on any atom is 0.337 e. The minimum atomic E-state index is -1.13. The number of carbonyl (C=O) groups is 12. The highest BCUT2D eigenvalue weighted by atomic mass is 16.5. The Hall–Kier alpha value is -10.6. The molecule has 0 radical (unpaired) electrons. The summed E-state index contributed by atoms with van der Waals surface area (Å²) in [6.45, 7) is 2.97. The lowest BCUT2D eigenvalue weighted by molar-refractivity contribution is 0.0581. The molecule has 0 aromatic heterocycles. The monoisotopic (exact) mass is 1060 g/mol. The SMILES string of the molecule is CC(=O)c1cccc(C(C)=O)c1.COC(=O)c1cccc(C(=O)O)c1.COC(=O)c1cccc(C(=O)OC)c1.COC(=O)c1cccc(C(=O)OC)c1.O=C(O)c1cccc(C(=O)O)c1.O=C(O)c1cccc(C(=O)O)c1. The summed E-state index contributed by atoms with van der Waals surface area (Å²) in [5.74, 6) is -8.05. The van der Waals surface area contributed by atoms with E-state index in [0.717, 1.165) is 12.1 Å². The van der Waals surface area contributed by atoms with E-state index in [0.29, 0.717) is 33.4 Å². The molecule has 6 aromatic carbocycles. The average Bonchev–Trinajstić information content (AvgIpc) is 3.44. The zero-order valence-corrected chi connectivity index (χ0v) is 42.0. The predicted octanol–water partition coefficient (Wildman–Crippen LogP) is 7.95. The van der Waals surface area contributed by atoms with Crippen molar-refractivity contribution in [1.29, 1.82) is 0 Å². The second-order valence-electron chi connectivity index (χ2n) is 14.6. The Kier molecular flexibility index (Phi) is 27.7. The number of esters is 5. The predicted molar refractivity (Wildman–Crippen MR) is 270 cm³/mol. The Morgan fingerprint density at radius 2 is 0.377 bits per heavy atom. The van der Waals surface area contributed by atoms with Crippen molar-refractivity contribution in [1.82, 2.24) is 0 Å². The van der Waals surface area contributed by atoms with Gasteiger partial charge in [0.25, 0.3) is 0 Å². The van der Waals surface area contributed by atoms with Gasteiger partial charge in [-0.3, -0.25) is 9.59 Å². The van der Waals surface area contributed by atoms with Crippen LogP contribution < -0.4 is 0 Å². The second kappa shape index (κ2) is 33.2. The number of benzene rings is 6. The number of methoxy groups -OCH3 is 5. The first kappa shape index (κ1) is 64.4. The maximum absolute atomic E-state index is 11.1. The van der Waals surface area contributed by atoms with E-state index in [1.54, 1.807) is 60.7 Å². The molecule has 6 rings (SSSR count). The van der Waals surface area contributed by atoms with Crippen LogP contribution in [0.5, 0.6) is 0 Å². The van der Waals surface area contributed by atoms with Crippen LogP contribution in [0.4, 0.5) is 0 Å². The van der Waals surface area contributed by atoms with Gasteiger partial charge in [-0.15, -0.1) is 0 Å². The number of ketones is 2. The van der Waals surface area contributed by atoms with Crippen LogP contribution in [0.3, 0.4) is 0 Å². The molecule has 0 saturated heterocycles. The van der Waals surface area contributed by atoms with E-state index >= 15 is 0 Å². The lowest BCUT2D eigenvalue weighted by atomic mass is 10.1. The van der Waals surface area contributed by atoms with Crippen molar-refractivity contribution in [3.63, 3.8) is 0 Å². The molecule has 77 heavy (non-hydrogen) atoms. The fourth-order valence-electron chi connectivity index (χ4n) is 5.44. The summed E-state index contributed by atoms with van der Waals surface area (Å²) in [5.41, 5.74) is 2.72. The van der Waals surface area contributed by atoms with Gasteiger partial charge in [-0.05, 0) is 111 Å². The summed E-state index contributed by atoms with van der Waals surface area (Å²) in [7, 11) is 6.39. The first-order valence-corrected chi connectivity index (χ1v) is 21.6. The van der Waals surface area contributed by atoms with E-state index in [9.17, 15) is 57.5 Å². The third kappa shape index (κ3) is 22.8. The van der Waals surface area contributed by atoms with Crippen LogP contribution in [0.25, 0.3) is 0 Å². The molecule has 5 N–H and O–H groups in total. The molecule has 0 heterocycles. The molecule has 0 bridgehead atoms. The van der Waals surface area contributed by atoms with Crippen molar-refractivity contribution in [3.05, 3.63) is 212 Å². The molecular weight excluding hydrogens is 1010 g/mol. The lowest BCUT2D eigenvalue weighted by Crippen LogP contribution is -2.05. The van der Waals surface area contributed by atoms with E-state index in [4.69, 9.17) is 25.5 Å². The number of aromatic carboxylic acids is 5. The van der Waals surface area contributed by atoms with E-state index in [2.05, 4.69) is 23.7 Å². The van der Waals surface area contributed by atoms with Gasteiger partial charge in [-0.1, -0.05) is 48.5 Å². The largest absolute Gasteiger partial charge is 0.478 e. The summed E-state index contributed by atoms with van der Waals surface area (Å²) in [6.07, 6.45) is 0. The first-order valence-electron chi connectivity index (χ1n) is 21.6. The van der Waals surface area contributed by atoms with Crippen LogP contribution in [0, 0.1) is 0 Å². The summed E-state index contributed by atoms with van der Waals surface area (Å²) in [6, 6.07) is 35.1. The number of carboxylic acid groups (broad SMARTS) is 5. The standard InChI is InChI=1S/2C10H10O4.C10H10O2.C9H8O4.2C8H6O4/c2*1-13-9(11)7-4-3-5-8(6-7)10(12)14-2;1-7(11)9-4-3-5-10(6-9)8(2)12;1-13-9(12)7-4-2-3-6(5-7)8(10)11;2*9-7(10)5-2-1-3-6(4-5)8(11)12/h2*3-6H,1-2H3;3-6H,1-2H3;2-5H,1H3,(H,10,11);2*1-4H,(H,9,10)(H,11,12). The highest BCUT2D eigenvalue weighted by Gasteiger charge is 2.13. The van der Waals surface area contributed by atoms with Crippen LogP contribution in [0.1, 0.15) is 138 Å². The third-order valence-corrected chi connectivity index (χ3v) is 9.33. The molecule has 402 valence electrons. The molecule has 22 heteroatoms. The van der Waals surface area contributed by atoms with Crippen molar-refractivity contribution in [2.24, 2.45) is 0 Å². The first-order chi connectivity index (χ1) is 36.3. The molecule has 0 spiro atoms. The molecule has 0 aliphatic heterocycles. The Morgan fingerprint density at radius 3 is 0.532 bits per heavy atom. The van der Waals surface area contributed by atoms with Gasteiger partial charge in [0.2, 0.25) is 0 Å². The number of carboxylic acids is 5. The molecule has 0 aliphatic carbocycles. The maximum atomic E-state index is 11.1. The fourth-order valence-corrected chi connectivity index (χ4v) is 5.44. The van der Waals surface area contributed by atoms with E-state index < -0.39 is 59.7 Å². The van der Waals surface area contributed by atoms with Gasteiger partial charge < -0.3 is 49.2 Å². The summed E-state index contributed by atoms with van der Waals surface area (Å²) < 4.78 is 22.5. The van der Waals surface area contributed by atoms with Crippen LogP contribution in [0.15, 0.2) is 146 Å². The molecule has 6 aromatic rings. The molecule has 0 saturated carbocycles. The quantitative estimate of drug-likeness (QED) is 0.0441. The zero-order valence-electron chi connectivity index (χ0n) is 42.0. The van der Waals surface area contributed by atoms with E-state index in [1.165, 1.54) is 122 Å². The normalized spacial score (nSPS) is 9.34. The van der Waals surface area contributed by atoms with Gasteiger partial charge in [0.15, 0.2) is 11.6 Å². The van der Waals surface area contributed by atoms with Gasteiger partial charge in [0, 0.05) is 11.1 Å². The van der Waals surface area contributed by atoms with Crippen LogP contribution in [-0.2, 0) is 23.7 Å². The van der Waals surface area contributed by atoms with Crippen LogP contribution in [-0.4, -0.2) is 132 Å². The highest BCUT2D eigenvalue weighted by molar-refractivity contribution is 6.00. The molecule has 22 nitrogen and oxygen atoms in total. The number of carbonyl (C=O) groups excluding carboxylic acids is 7. The summed E-state index contributed by atoms with van der Waals surface area (Å²) in [4.78, 5) is 129. The number of hydrogen-bond acceptors (Lipinski definition) is 17. The van der Waals surface area contributed by atoms with Crippen LogP contribution in [0.2, 0.25) is 0 Å².